The Bertz CT molecular complexity index is 601. The molecular weight excluding hydrogens is 459 g/mol. The highest BCUT2D eigenvalue weighted by molar-refractivity contribution is 14.1. The van der Waals surface area contributed by atoms with Crippen molar-refractivity contribution in [2.24, 2.45) is 0 Å². The molecule has 2 nitrogen and oxygen atoms in total. The molecule has 2 aromatic carbocycles. The molecule has 0 spiro atoms. The largest absolute Gasteiger partial charge is 0.322 e. The van der Waals surface area contributed by atoms with Crippen molar-refractivity contribution < 1.29 is 9.18 Å². The SMILES string of the molecule is O=C(Nc1cccc(I)c1)c1ccc(F)cc1I. The first-order chi connectivity index (χ1) is 8.56. The van der Waals surface area contributed by atoms with E-state index in [1.807, 2.05) is 46.9 Å². The molecule has 0 saturated heterocycles. The van der Waals surface area contributed by atoms with Crippen LogP contribution in [0.25, 0.3) is 0 Å². The van der Waals surface area contributed by atoms with E-state index >= 15 is 0 Å². The molecule has 0 aliphatic carbocycles. The number of benzene rings is 2. The van der Waals surface area contributed by atoms with Crippen LogP contribution in [0.3, 0.4) is 0 Å². The molecule has 0 heterocycles. The number of hydrogen-bond acceptors (Lipinski definition) is 1. The van der Waals surface area contributed by atoms with Gasteiger partial charge in [-0.2, -0.15) is 0 Å². The van der Waals surface area contributed by atoms with Crippen LogP contribution in [0, 0.1) is 13.0 Å². The number of carbonyl (C=O) groups is 1. The number of carbonyl (C=O) groups excluding carboxylic acids is 1. The molecule has 2 aromatic rings. The second-order valence-corrected chi connectivity index (χ2v) is 6.00. The second kappa shape index (κ2) is 5.96. The number of amides is 1. The van der Waals surface area contributed by atoms with E-state index in [0.717, 1.165) is 9.26 Å². The lowest BCUT2D eigenvalue weighted by Crippen LogP contribution is -2.13. The average Bonchev–Trinajstić information content (AvgIpc) is 2.28. The van der Waals surface area contributed by atoms with Crippen LogP contribution in [0.1, 0.15) is 10.4 Å². The first kappa shape index (κ1) is 13.7. The lowest BCUT2D eigenvalue weighted by Gasteiger charge is -2.07. The molecule has 0 aromatic heterocycles. The van der Waals surface area contributed by atoms with Crippen LogP contribution in [0.4, 0.5) is 10.1 Å². The zero-order chi connectivity index (χ0) is 13.1. The summed E-state index contributed by atoms with van der Waals surface area (Å²) in [5, 5.41) is 2.79. The molecule has 5 heteroatoms. The van der Waals surface area contributed by atoms with Gasteiger partial charge in [0.25, 0.3) is 5.91 Å². The highest BCUT2D eigenvalue weighted by Crippen LogP contribution is 2.17. The summed E-state index contributed by atoms with van der Waals surface area (Å²) >= 11 is 4.12. The molecule has 18 heavy (non-hydrogen) atoms. The molecular formula is C13H8FI2NO. The van der Waals surface area contributed by atoms with Crippen molar-refractivity contribution in [3.05, 3.63) is 61.0 Å². The highest BCUT2D eigenvalue weighted by atomic mass is 127. The van der Waals surface area contributed by atoms with E-state index in [2.05, 4.69) is 27.9 Å². The van der Waals surface area contributed by atoms with Gasteiger partial charge in [-0.3, -0.25) is 4.79 Å². The predicted octanol–water partition coefficient (Wildman–Crippen LogP) is 4.29. The highest BCUT2D eigenvalue weighted by Gasteiger charge is 2.10. The molecule has 0 saturated carbocycles. The summed E-state index contributed by atoms with van der Waals surface area (Å²) in [6, 6.07) is 11.6. The monoisotopic (exact) mass is 467 g/mol. The maximum absolute atomic E-state index is 13.0. The van der Waals surface area contributed by atoms with Crippen LogP contribution in [0.5, 0.6) is 0 Å². The van der Waals surface area contributed by atoms with Crippen molar-refractivity contribution in [2.75, 3.05) is 5.32 Å². The topological polar surface area (TPSA) is 29.1 Å². The van der Waals surface area contributed by atoms with E-state index in [4.69, 9.17) is 0 Å². The zero-order valence-corrected chi connectivity index (χ0v) is 13.4. The van der Waals surface area contributed by atoms with E-state index in [0.29, 0.717) is 9.13 Å². The summed E-state index contributed by atoms with van der Waals surface area (Å²) in [5.41, 5.74) is 1.20. The number of halogens is 3. The summed E-state index contributed by atoms with van der Waals surface area (Å²) < 4.78 is 14.6. The van der Waals surface area contributed by atoms with Crippen LogP contribution in [-0.4, -0.2) is 5.91 Å². The summed E-state index contributed by atoms with van der Waals surface area (Å²) in [7, 11) is 0. The van der Waals surface area contributed by atoms with E-state index in [-0.39, 0.29) is 11.7 Å². The van der Waals surface area contributed by atoms with Crippen LogP contribution in [-0.2, 0) is 0 Å². The van der Waals surface area contributed by atoms with Gasteiger partial charge in [0.2, 0.25) is 0 Å². The van der Waals surface area contributed by atoms with Crippen molar-refractivity contribution in [2.45, 2.75) is 0 Å². The minimum atomic E-state index is -0.342. The third-order valence-electron chi connectivity index (χ3n) is 2.26. The van der Waals surface area contributed by atoms with Gasteiger partial charge in [0.05, 0.1) is 5.56 Å². The van der Waals surface area contributed by atoms with E-state index in [9.17, 15) is 9.18 Å². The molecule has 0 unspecified atom stereocenters. The molecule has 2 rings (SSSR count). The Hall–Kier alpha value is -0.700. The molecule has 1 amide bonds. The summed E-state index contributed by atoms with van der Waals surface area (Å²) in [4.78, 5) is 12.0. The Balaban J connectivity index is 2.22. The molecule has 0 fully saturated rings. The maximum Gasteiger partial charge on any atom is 0.256 e. The van der Waals surface area contributed by atoms with Crippen LogP contribution in [0.2, 0.25) is 0 Å². The van der Waals surface area contributed by atoms with Gasteiger partial charge < -0.3 is 5.32 Å². The smallest absolute Gasteiger partial charge is 0.256 e. The van der Waals surface area contributed by atoms with Crippen molar-refractivity contribution in [1.29, 1.82) is 0 Å². The van der Waals surface area contributed by atoms with Crippen LogP contribution < -0.4 is 5.32 Å². The molecule has 0 bridgehead atoms. The Morgan fingerprint density at radius 2 is 1.89 bits per heavy atom. The van der Waals surface area contributed by atoms with Crippen LogP contribution in [0.15, 0.2) is 42.5 Å². The number of nitrogens with one attached hydrogen (secondary N) is 1. The summed E-state index contributed by atoms with van der Waals surface area (Å²) in [6.45, 7) is 0. The fourth-order valence-corrected chi connectivity index (χ4v) is 2.70. The van der Waals surface area contributed by atoms with Gasteiger partial charge in [0, 0.05) is 12.8 Å². The maximum atomic E-state index is 13.0. The van der Waals surface area contributed by atoms with E-state index in [1.165, 1.54) is 18.2 Å². The van der Waals surface area contributed by atoms with Gasteiger partial charge in [0.15, 0.2) is 0 Å². The van der Waals surface area contributed by atoms with Crippen molar-refractivity contribution in [3.8, 4) is 0 Å². The third kappa shape index (κ3) is 3.41. The molecule has 0 aliphatic heterocycles. The van der Waals surface area contributed by atoms with Crippen molar-refractivity contribution in [1.82, 2.24) is 0 Å². The van der Waals surface area contributed by atoms with Gasteiger partial charge in [-0.05, 0) is 81.6 Å². The fraction of sp³-hybridized carbons (Fsp3) is 0. The first-order valence-corrected chi connectivity index (χ1v) is 7.24. The molecule has 0 radical (unpaired) electrons. The van der Waals surface area contributed by atoms with Crippen molar-refractivity contribution in [3.63, 3.8) is 0 Å². The Morgan fingerprint density at radius 3 is 2.56 bits per heavy atom. The fourth-order valence-electron chi connectivity index (χ4n) is 1.44. The predicted molar refractivity (Wildman–Crippen MR) is 86.2 cm³/mol. The average molecular weight is 467 g/mol. The molecule has 92 valence electrons. The normalized spacial score (nSPS) is 10.2. The van der Waals surface area contributed by atoms with E-state index in [1.54, 1.807) is 0 Å². The zero-order valence-electron chi connectivity index (χ0n) is 9.08. The molecule has 1 N–H and O–H groups in total. The third-order valence-corrected chi connectivity index (χ3v) is 3.82. The van der Waals surface area contributed by atoms with Gasteiger partial charge >= 0.3 is 0 Å². The summed E-state index contributed by atoms with van der Waals surface area (Å²) in [6.07, 6.45) is 0. The van der Waals surface area contributed by atoms with Gasteiger partial charge in [0.1, 0.15) is 5.82 Å². The lowest BCUT2D eigenvalue weighted by atomic mass is 10.2. The minimum absolute atomic E-state index is 0.235. The van der Waals surface area contributed by atoms with Crippen LogP contribution >= 0.6 is 45.2 Å². The van der Waals surface area contributed by atoms with Gasteiger partial charge in [-0.25, -0.2) is 4.39 Å². The number of rotatable bonds is 2. The quantitative estimate of drug-likeness (QED) is 0.657. The Labute approximate surface area is 131 Å². The summed E-state index contributed by atoms with van der Waals surface area (Å²) in [5.74, 6) is -0.577. The molecule has 0 aliphatic rings. The van der Waals surface area contributed by atoms with Gasteiger partial charge in [-0.1, -0.05) is 6.07 Å². The number of hydrogen-bond donors (Lipinski definition) is 1. The second-order valence-electron chi connectivity index (χ2n) is 3.59. The standard InChI is InChI=1S/C13H8FI2NO/c14-8-4-5-11(12(16)6-8)13(18)17-10-3-1-2-9(15)7-10/h1-7H,(H,17,18). The molecule has 0 atom stereocenters. The van der Waals surface area contributed by atoms with E-state index < -0.39 is 0 Å². The minimum Gasteiger partial charge on any atom is -0.322 e. The lowest BCUT2D eigenvalue weighted by molar-refractivity contribution is 0.102. The number of anilines is 1. The Morgan fingerprint density at radius 1 is 1.11 bits per heavy atom. The van der Waals surface area contributed by atoms with Gasteiger partial charge in [-0.15, -0.1) is 0 Å². The first-order valence-electron chi connectivity index (χ1n) is 5.08. The Kier molecular flexibility index (Phi) is 4.55. The van der Waals surface area contributed by atoms with Crippen molar-refractivity contribution >= 4 is 56.8 Å².